The Morgan fingerprint density at radius 3 is 2.65 bits per heavy atom. The van der Waals surface area contributed by atoms with Crippen molar-refractivity contribution in [2.75, 3.05) is 11.9 Å². The lowest BCUT2D eigenvalue weighted by Gasteiger charge is -2.20. The van der Waals surface area contributed by atoms with Gasteiger partial charge in [0.25, 0.3) is 5.91 Å². The minimum absolute atomic E-state index is 0.0230. The number of aryl methyl sites for hydroxylation is 1. The molecule has 0 radical (unpaired) electrons. The second-order valence-corrected chi connectivity index (χ2v) is 9.74. The summed E-state index contributed by atoms with van der Waals surface area (Å²) in [5, 5.41) is 22.0. The third-order valence-corrected chi connectivity index (χ3v) is 6.54. The van der Waals surface area contributed by atoms with Crippen molar-refractivity contribution in [1.82, 2.24) is 30.4 Å². The minimum Gasteiger partial charge on any atom is -0.351 e. The highest BCUT2D eigenvalue weighted by Crippen LogP contribution is 2.45. The molecule has 0 saturated heterocycles. The van der Waals surface area contributed by atoms with Crippen molar-refractivity contribution >= 4 is 23.5 Å². The standard InChI is InChI=1S/C27H32N8O2/c1-4-5-21(32-25(37)27(3)10-11-27)16-35-17-22(15-31-35)33-26-30-14-18(2)23(34-26)19-6-8-20(9-7-19)24(36)29-13-12-28/h6-9,14-15,17,21H,4-5,10-11,13,16H2,1-3H3,(H,29,36)(H,32,37)(H,30,33,34)/t21-/m0/s1. The van der Waals surface area contributed by atoms with Gasteiger partial charge in [-0.05, 0) is 43.9 Å². The van der Waals surface area contributed by atoms with Gasteiger partial charge in [-0.2, -0.15) is 10.4 Å². The maximum absolute atomic E-state index is 12.5. The number of anilines is 2. The summed E-state index contributed by atoms with van der Waals surface area (Å²) in [6, 6.07) is 8.97. The molecule has 2 heterocycles. The van der Waals surface area contributed by atoms with Crippen LogP contribution < -0.4 is 16.0 Å². The topological polar surface area (TPSA) is 138 Å². The van der Waals surface area contributed by atoms with E-state index in [1.165, 1.54) is 0 Å². The monoisotopic (exact) mass is 500 g/mol. The third-order valence-electron chi connectivity index (χ3n) is 6.54. The summed E-state index contributed by atoms with van der Waals surface area (Å²) in [7, 11) is 0. The van der Waals surface area contributed by atoms with Gasteiger partial charge in [0, 0.05) is 35.0 Å². The van der Waals surface area contributed by atoms with E-state index in [1.807, 2.05) is 42.9 Å². The fourth-order valence-corrected chi connectivity index (χ4v) is 4.01. The lowest BCUT2D eigenvalue weighted by molar-refractivity contribution is -0.126. The van der Waals surface area contributed by atoms with Crippen LogP contribution in [0.15, 0.2) is 42.9 Å². The SMILES string of the molecule is CCC[C@@H](Cn1cc(Nc2ncc(C)c(-c3ccc(C(=O)NCC#N)cc3)n2)cn1)NC(=O)C1(C)CC1. The van der Waals surface area contributed by atoms with E-state index in [1.54, 1.807) is 24.5 Å². The second kappa shape index (κ2) is 11.2. The molecule has 1 saturated carbocycles. The summed E-state index contributed by atoms with van der Waals surface area (Å²) < 4.78 is 1.82. The molecule has 10 nitrogen and oxygen atoms in total. The van der Waals surface area contributed by atoms with Crippen molar-refractivity contribution in [3.8, 4) is 17.3 Å². The van der Waals surface area contributed by atoms with Gasteiger partial charge in [0.15, 0.2) is 0 Å². The molecule has 1 aliphatic rings. The van der Waals surface area contributed by atoms with Crippen LogP contribution in [0, 0.1) is 23.7 Å². The van der Waals surface area contributed by atoms with Crippen molar-refractivity contribution in [3.63, 3.8) is 0 Å². The average molecular weight is 501 g/mol. The molecule has 1 fully saturated rings. The lowest BCUT2D eigenvalue weighted by Crippen LogP contribution is -2.41. The highest BCUT2D eigenvalue weighted by Gasteiger charge is 2.45. The van der Waals surface area contributed by atoms with Gasteiger partial charge in [0.05, 0.1) is 30.2 Å². The van der Waals surface area contributed by atoms with E-state index in [-0.39, 0.29) is 29.8 Å². The molecular weight excluding hydrogens is 468 g/mol. The molecule has 1 atom stereocenters. The average Bonchev–Trinajstić information content (AvgIpc) is 3.51. The molecule has 2 amide bonds. The molecule has 3 aromatic rings. The molecule has 0 bridgehead atoms. The summed E-state index contributed by atoms with van der Waals surface area (Å²) in [6.07, 6.45) is 9.10. The number of hydrogen-bond acceptors (Lipinski definition) is 7. The zero-order valence-electron chi connectivity index (χ0n) is 21.4. The molecule has 1 aliphatic carbocycles. The highest BCUT2D eigenvalue weighted by atomic mass is 16.2. The van der Waals surface area contributed by atoms with Crippen molar-refractivity contribution in [1.29, 1.82) is 5.26 Å². The maximum atomic E-state index is 12.5. The molecule has 4 rings (SSSR count). The number of rotatable bonds is 11. The fraction of sp³-hybridized carbons (Fsp3) is 0.407. The number of carbonyl (C=O) groups is 2. The van der Waals surface area contributed by atoms with E-state index >= 15 is 0 Å². The summed E-state index contributed by atoms with van der Waals surface area (Å²) in [5.41, 5.74) is 3.50. The van der Waals surface area contributed by atoms with Crippen LogP contribution in [0.1, 0.15) is 55.5 Å². The van der Waals surface area contributed by atoms with Gasteiger partial charge in [-0.1, -0.05) is 32.4 Å². The summed E-state index contributed by atoms with van der Waals surface area (Å²) in [6.45, 7) is 6.60. The smallest absolute Gasteiger partial charge is 0.252 e. The van der Waals surface area contributed by atoms with Gasteiger partial charge in [0.1, 0.15) is 6.54 Å². The number of benzene rings is 1. The van der Waals surface area contributed by atoms with Crippen LogP contribution >= 0.6 is 0 Å². The molecule has 0 unspecified atom stereocenters. The Hall–Kier alpha value is -4.26. The van der Waals surface area contributed by atoms with E-state index in [9.17, 15) is 9.59 Å². The Kier molecular flexibility index (Phi) is 7.82. The largest absolute Gasteiger partial charge is 0.351 e. The van der Waals surface area contributed by atoms with Crippen molar-refractivity contribution < 1.29 is 9.59 Å². The van der Waals surface area contributed by atoms with E-state index in [2.05, 4.69) is 37.9 Å². The van der Waals surface area contributed by atoms with E-state index in [0.717, 1.165) is 48.2 Å². The Labute approximate surface area is 216 Å². The van der Waals surface area contributed by atoms with Crippen LogP contribution in [-0.4, -0.2) is 44.1 Å². The van der Waals surface area contributed by atoms with E-state index in [0.29, 0.717) is 18.1 Å². The Morgan fingerprint density at radius 2 is 1.97 bits per heavy atom. The van der Waals surface area contributed by atoms with Crippen LogP contribution in [0.3, 0.4) is 0 Å². The molecule has 10 heteroatoms. The quantitative estimate of drug-likeness (QED) is 0.341. The van der Waals surface area contributed by atoms with E-state index < -0.39 is 0 Å². The molecule has 3 N–H and O–H groups in total. The van der Waals surface area contributed by atoms with Crippen LogP contribution in [0.2, 0.25) is 0 Å². The van der Waals surface area contributed by atoms with Crippen LogP contribution in [0.5, 0.6) is 0 Å². The molecule has 37 heavy (non-hydrogen) atoms. The molecule has 2 aromatic heterocycles. The van der Waals surface area contributed by atoms with Gasteiger partial charge in [0.2, 0.25) is 11.9 Å². The predicted molar refractivity (Wildman–Crippen MR) is 140 cm³/mol. The Balaban J connectivity index is 1.42. The van der Waals surface area contributed by atoms with Gasteiger partial charge in [-0.15, -0.1) is 0 Å². The highest BCUT2D eigenvalue weighted by molar-refractivity contribution is 5.94. The van der Waals surface area contributed by atoms with Crippen LogP contribution in [0.4, 0.5) is 11.6 Å². The number of nitriles is 1. The molecular formula is C27H32N8O2. The minimum atomic E-state index is -0.297. The fourth-order valence-electron chi connectivity index (χ4n) is 4.01. The first-order valence-electron chi connectivity index (χ1n) is 12.5. The normalized spacial score (nSPS) is 14.3. The predicted octanol–water partition coefficient (Wildman–Crippen LogP) is 3.73. The maximum Gasteiger partial charge on any atom is 0.252 e. The van der Waals surface area contributed by atoms with Crippen molar-refractivity contribution in [2.45, 2.75) is 59.0 Å². The van der Waals surface area contributed by atoms with Gasteiger partial charge in [-0.25, -0.2) is 9.97 Å². The first-order valence-corrected chi connectivity index (χ1v) is 12.5. The summed E-state index contributed by atoms with van der Waals surface area (Å²) in [5.74, 6) is 0.262. The van der Waals surface area contributed by atoms with Crippen molar-refractivity contribution in [3.05, 3.63) is 54.0 Å². The zero-order chi connectivity index (χ0) is 26.4. The third kappa shape index (κ3) is 6.50. The van der Waals surface area contributed by atoms with Crippen LogP contribution in [0.25, 0.3) is 11.3 Å². The van der Waals surface area contributed by atoms with Gasteiger partial charge >= 0.3 is 0 Å². The first kappa shape index (κ1) is 25.8. The number of amides is 2. The van der Waals surface area contributed by atoms with Gasteiger partial charge < -0.3 is 16.0 Å². The number of aromatic nitrogens is 4. The van der Waals surface area contributed by atoms with Gasteiger partial charge in [-0.3, -0.25) is 14.3 Å². The van der Waals surface area contributed by atoms with E-state index in [4.69, 9.17) is 5.26 Å². The number of carbonyl (C=O) groups excluding carboxylic acids is 2. The Bertz CT molecular complexity index is 1300. The molecule has 0 aliphatic heterocycles. The number of nitrogens with one attached hydrogen (secondary N) is 3. The molecule has 192 valence electrons. The Morgan fingerprint density at radius 1 is 1.22 bits per heavy atom. The zero-order valence-corrected chi connectivity index (χ0v) is 21.4. The molecule has 1 aromatic carbocycles. The van der Waals surface area contributed by atoms with Crippen LogP contribution in [-0.2, 0) is 11.3 Å². The second-order valence-electron chi connectivity index (χ2n) is 9.74. The lowest BCUT2D eigenvalue weighted by atomic mass is 10.1. The number of hydrogen-bond donors (Lipinski definition) is 3. The summed E-state index contributed by atoms with van der Waals surface area (Å²) >= 11 is 0. The summed E-state index contributed by atoms with van der Waals surface area (Å²) in [4.78, 5) is 33.6. The van der Waals surface area contributed by atoms with Crippen molar-refractivity contribution in [2.24, 2.45) is 5.41 Å². The number of nitrogens with zero attached hydrogens (tertiary/aromatic N) is 5. The first-order chi connectivity index (χ1) is 17.8. The molecule has 0 spiro atoms.